The number of hydrogen-bond acceptors (Lipinski definition) is 1. The highest BCUT2D eigenvalue weighted by molar-refractivity contribution is 4.78. The molecule has 0 fully saturated rings. The molecule has 1 heteroatoms. The smallest absolute Gasteiger partial charge is 0.00184 e. The van der Waals surface area contributed by atoms with Crippen molar-refractivity contribution in [1.29, 1.82) is 0 Å². The standard InChI is InChI=1S/C15H33N/c1-7-9-10-13(8-2)11-14(12-16-6)15(3,4)5/h13-14,16H,7-12H2,1-6H3. The summed E-state index contributed by atoms with van der Waals surface area (Å²) in [6.45, 7) is 12.9. The van der Waals surface area contributed by atoms with Crippen LogP contribution in [0.5, 0.6) is 0 Å². The van der Waals surface area contributed by atoms with E-state index in [4.69, 9.17) is 0 Å². The van der Waals surface area contributed by atoms with Crippen LogP contribution in [0.15, 0.2) is 0 Å². The second-order valence-electron chi connectivity index (χ2n) is 6.27. The Bertz CT molecular complexity index is 157. The minimum absolute atomic E-state index is 0.433. The monoisotopic (exact) mass is 227 g/mol. The molecule has 0 aliphatic rings. The van der Waals surface area contributed by atoms with Crippen LogP contribution in [-0.4, -0.2) is 13.6 Å². The molecule has 0 rings (SSSR count). The molecule has 0 spiro atoms. The van der Waals surface area contributed by atoms with Gasteiger partial charge in [0.1, 0.15) is 0 Å². The Hall–Kier alpha value is -0.0400. The fraction of sp³-hybridized carbons (Fsp3) is 1.00. The molecule has 0 radical (unpaired) electrons. The lowest BCUT2D eigenvalue weighted by Gasteiger charge is -2.33. The van der Waals surface area contributed by atoms with Gasteiger partial charge in [0.15, 0.2) is 0 Å². The summed E-state index contributed by atoms with van der Waals surface area (Å²) >= 11 is 0. The fourth-order valence-corrected chi connectivity index (χ4v) is 2.37. The van der Waals surface area contributed by atoms with Crippen LogP contribution >= 0.6 is 0 Å². The van der Waals surface area contributed by atoms with Crippen molar-refractivity contribution >= 4 is 0 Å². The van der Waals surface area contributed by atoms with Gasteiger partial charge in [0, 0.05) is 0 Å². The second kappa shape index (κ2) is 8.11. The van der Waals surface area contributed by atoms with E-state index < -0.39 is 0 Å². The topological polar surface area (TPSA) is 12.0 Å². The number of unbranched alkanes of at least 4 members (excludes halogenated alkanes) is 1. The molecule has 0 amide bonds. The van der Waals surface area contributed by atoms with Gasteiger partial charge in [0.25, 0.3) is 0 Å². The Balaban J connectivity index is 4.23. The van der Waals surface area contributed by atoms with Gasteiger partial charge < -0.3 is 5.32 Å². The van der Waals surface area contributed by atoms with E-state index >= 15 is 0 Å². The molecule has 16 heavy (non-hydrogen) atoms. The summed E-state index contributed by atoms with van der Waals surface area (Å²) < 4.78 is 0. The van der Waals surface area contributed by atoms with Gasteiger partial charge in [-0.1, -0.05) is 60.3 Å². The van der Waals surface area contributed by atoms with E-state index in [1.807, 2.05) is 0 Å². The van der Waals surface area contributed by atoms with Gasteiger partial charge in [-0.25, -0.2) is 0 Å². The average molecular weight is 227 g/mol. The molecule has 2 unspecified atom stereocenters. The first-order valence-electron chi connectivity index (χ1n) is 7.10. The van der Waals surface area contributed by atoms with Crippen molar-refractivity contribution in [1.82, 2.24) is 5.32 Å². The van der Waals surface area contributed by atoms with Crippen molar-refractivity contribution in [2.24, 2.45) is 17.3 Å². The maximum atomic E-state index is 3.36. The van der Waals surface area contributed by atoms with Crippen LogP contribution in [0.25, 0.3) is 0 Å². The molecule has 0 aromatic rings. The summed E-state index contributed by atoms with van der Waals surface area (Å²) in [6.07, 6.45) is 6.89. The molecular formula is C15H33N. The van der Waals surface area contributed by atoms with Gasteiger partial charge in [-0.2, -0.15) is 0 Å². The summed E-state index contributed by atoms with van der Waals surface area (Å²) in [5.74, 6) is 1.73. The second-order valence-corrected chi connectivity index (χ2v) is 6.27. The normalized spacial score (nSPS) is 16.1. The van der Waals surface area contributed by atoms with E-state index in [1.54, 1.807) is 0 Å². The predicted octanol–water partition coefficient (Wildman–Crippen LogP) is 4.47. The van der Waals surface area contributed by atoms with Crippen molar-refractivity contribution in [3.8, 4) is 0 Å². The minimum atomic E-state index is 0.433. The Morgan fingerprint density at radius 3 is 2.12 bits per heavy atom. The highest BCUT2D eigenvalue weighted by atomic mass is 14.8. The molecule has 2 atom stereocenters. The summed E-state index contributed by atoms with van der Waals surface area (Å²) in [5.41, 5.74) is 0.433. The van der Waals surface area contributed by atoms with Crippen molar-refractivity contribution in [3.05, 3.63) is 0 Å². The van der Waals surface area contributed by atoms with Gasteiger partial charge in [0.05, 0.1) is 0 Å². The lowest BCUT2D eigenvalue weighted by atomic mass is 9.74. The maximum Gasteiger partial charge on any atom is -0.00184 e. The van der Waals surface area contributed by atoms with Crippen LogP contribution in [0.1, 0.15) is 66.7 Å². The van der Waals surface area contributed by atoms with Gasteiger partial charge in [-0.05, 0) is 37.3 Å². The predicted molar refractivity (Wildman–Crippen MR) is 74.8 cm³/mol. The summed E-state index contributed by atoms with van der Waals surface area (Å²) in [5, 5.41) is 3.36. The first-order valence-corrected chi connectivity index (χ1v) is 7.10. The zero-order chi connectivity index (χ0) is 12.6. The first kappa shape index (κ1) is 16.0. The average Bonchev–Trinajstić information content (AvgIpc) is 2.21. The van der Waals surface area contributed by atoms with E-state index in [9.17, 15) is 0 Å². The van der Waals surface area contributed by atoms with Crippen LogP contribution in [0.2, 0.25) is 0 Å². The molecule has 0 bridgehead atoms. The van der Waals surface area contributed by atoms with E-state index in [-0.39, 0.29) is 0 Å². The quantitative estimate of drug-likeness (QED) is 0.645. The third kappa shape index (κ3) is 6.52. The Morgan fingerprint density at radius 2 is 1.75 bits per heavy atom. The van der Waals surface area contributed by atoms with Crippen molar-refractivity contribution in [3.63, 3.8) is 0 Å². The first-order chi connectivity index (χ1) is 7.45. The van der Waals surface area contributed by atoms with Gasteiger partial charge in [0.2, 0.25) is 0 Å². The molecule has 0 saturated heterocycles. The SMILES string of the molecule is CCCCC(CC)CC(CNC)C(C)(C)C. The largest absolute Gasteiger partial charge is 0.319 e. The number of hydrogen-bond donors (Lipinski definition) is 1. The Labute approximate surface area is 103 Å². The third-order valence-corrected chi connectivity index (χ3v) is 3.84. The fourth-order valence-electron chi connectivity index (χ4n) is 2.37. The lowest BCUT2D eigenvalue weighted by Crippen LogP contribution is -2.31. The molecular weight excluding hydrogens is 194 g/mol. The maximum absolute atomic E-state index is 3.36. The van der Waals surface area contributed by atoms with E-state index in [1.165, 1.54) is 32.1 Å². The zero-order valence-electron chi connectivity index (χ0n) is 12.4. The molecule has 1 nitrogen and oxygen atoms in total. The Kier molecular flexibility index (Phi) is 8.09. The molecule has 0 heterocycles. The van der Waals surface area contributed by atoms with Crippen molar-refractivity contribution < 1.29 is 0 Å². The van der Waals surface area contributed by atoms with Crippen LogP contribution in [0, 0.1) is 17.3 Å². The highest BCUT2D eigenvalue weighted by Gasteiger charge is 2.26. The zero-order valence-corrected chi connectivity index (χ0v) is 12.4. The molecule has 98 valence electrons. The number of nitrogens with one attached hydrogen (secondary N) is 1. The van der Waals surface area contributed by atoms with E-state index in [0.717, 1.165) is 18.4 Å². The molecule has 0 aliphatic carbocycles. The van der Waals surface area contributed by atoms with Crippen LogP contribution in [0.3, 0.4) is 0 Å². The number of rotatable bonds is 8. The van der Waals surface area contributed by atoms with Crippen molar-refractivity contribution in [2.45, 2.75) is 66.7 Å². The lowest BCUT2D eigenvalue weighted by molar-refractivity contribution is 0.185. The Morgan fingerprint density at radius 1 is 1.12 bits per heavy atom. The van der Waals surface area contributed by atoms with Crippen LogP contribution in [-0.2, 0) is 0 Å². The molecule has 0 aromatic heterocycles. The van der Waals surface area contributed by atoms with Gasteiger partial charge >= 0.3 is 0 Å². The van der Waals surface area contributed by atoms with Crippen LogP contribution in [0.4, 0.5) is 0 Å². The molecule has 1 N–H and O–H groups in total. The molecule has 0 aliphatic heterocycles. The van der Waals surface area contributed by atoms with Gasteiger partial charge in [-0.15, -0.1) is 0 Å². The summed E-state index contributed by atoms with van der Waals surface area (Å²) in [6, 6.07) is 0. The van der Waals surface area contributed by atoms with Crippen molar-refractivity contribution in [2.75, 3.05) is 13.6 Å². The summed E-state index contributed by atoms with van der Waals surface area (Å²) in [7, 11) is 2.08. The highest BCUT2D eigenvalue weighted by Crippen LogP contribution is 2.33. The van der Waals surface area contributed by atoms with Crippen LogP contribution < -0.4 is 5.32 Å². The summed E-state index contributed by atoms with van der Waals surface area (Å²) in [4.78, 5) is 0. The van der Waals surface area contributed by atoms with E-state index in [0.29, 0.717) is 5.41 Å². The third-order valence-electron chi connectivity index (χ3n) is 3.84. The van der Waals surface area contributed by atoms with E-state index in [2.05, 4.69) is 47.0 Å². The molecule has 0 aromatic carbocycles. The molecule has 0 saturated carbocycles. The van der Waals surface area contributed by atoms with Gasteiger partial charge in [-0.3, -0.25) is 0 Å². The minimum Gasteiger partial charge on any atom is -0.319 e.